The van der Waals surface area contributed by atoms with Gasteiger partial charge in [0, 0.05) is 45.3 Å². The van der Waals surface area contributed by atoms with Crippen LogP contribution < -0.4 is 0 Å². The molecule has 3 heteroatoms. The van der Waals surface area contributed by atoms with Crippen LogP contribution in [0.1, 0.15) is 27.2 Å². The van der Waals surface area contributed by atoms with E-state index >= 15 is 0 Å². The number of likely N-dealkylation sites (tertiary alicyclic amines) is 1. The molecule has 2 saturated heterocycles. The van der Waals surface area contributed by atoms with Gasteiger partial charge in [-0.2, -0.15) is 0 Å². The monoisotopic (exact) mass is 253 g/mol. The minimum Gasteiger partial charge on any atom is -0.304 e. The van der Waals surface area contributed by atoms with Gasteiger partial charge in [0.05, 0.1) is 0 Å². The van der Waals surface area contributed by atoms with E-state index in [-0.39, 0.29) is 0 Å². The quantitative estimate of drug-likeness (QED) is 0.756. The van der Waals surface area contributed by atoms with Gasteiger partial charge in [-0.1, -0.05) is 6.92 Å². The number of nitrogens with zero attached hydrogens (tertiary/aromatic N) is 3. The van der Waals surface area contributed by atoms with Gasteiger partial charge in [0.15, 0.2) is 0 Å². The van der Waals surface area contributed by atoms with Crippen molar-refractivity contribution in [3.8, 4) is 0 Å². The van der Waals surface area contributed by atoms with E-state index in [0.717, 1.165) is 17.9 Å². The summed E-state index contributed by atoms with van der Waals surface area (Å²) in [6.07, 6.45) is 1.39. The van der Waals surface area contributed by atoms with Crippen molar-refractivity contribution in [2.45, 2.75) is 33.2 Å². The second-order valence-electron chi connectivity index (χ2n) is 6.72. The molecule has 0 spiro atoms. The molecular weight excluding hydrogens is 222 g/mol. The lowest BCUT2D eigenvalue weighted by atomic mass is 9.85. The largest absolute Gasteiger partial charge is 0.304 e. The van der Waals surface area contributed by atoms with Crippen LogP contribution in [0.4, 0.5) is 0 Å². The molecule has 2 fully saturated rings. The molecule has 3 nitrogen and oxygen atoms in total. The summed E-state index contributed by atoms with van der Waals surface area (Å²) < 4.78 is 0. The number of rotatable bonds is 3. The van der Waals surface area contributed by atoms with E-state index in [2.05, 4.69) is 42.5 Å². The zero-order chi connectivity index (χ0) is 13.1. The van der Waals surface area contributed by atoms with E-state index < -0.39 is 0 Å². The van der Waals surface area contributed by atoms with Gasteiger partial charge in [-0.3, -0.25) is 0 Å². The molecule has 2 atom stereocenters. The fourth-order valence-corrected chi connectivity index (χ4v) is 3.33. The van der Waals surface area contributed by atoms with Crippen molar-refractivity contribution < 1.29 is 0 Å². The predicted molar refractivity (Wildman–Crippen MR) is 77.9 cm³/mol. The molecule has 0 bridgehead atoms. The van der Waals surface area contributed by atoms with Crippen LogP contribution in [0.2, 0.25) is 0 Å². The molecule has 0 aromatic rings. The normalized spacial score (nSPS) is 33.2. The molecule has 18 heavy (non-hydrogen) atoms. The molecule has 0 aromatic carbocycles. The Morgan fingerprint density at radius 3 is 2.28 bits per heavy atom. The van der Waals surface area contributed by atoms with Crippen LogP contribution in [0.5, 0.6) is 0 Å². The Labute approximate surface area is 113 Å². The number of likely N-dealkylation sites (N-methyl/N-ethyl adjacent to an activating group) is 1. The number of piperazine rings is 1. The molecule has 0 radical (unpaired) electrons. The molecular formula is C15H31N3. The van der Waals surface area contributed by atoms with Gasteiger partial charge >= 0.3 is 0 Å². The molecule has 2 aliphatic rings. The third-order valence-corrected chi connectivity index (χ3v) is 4.93. The zero-order valence-electron chi connectivity index (χ0n) is 12.7. The average molecular weight is 253 g/mol. The summed E-state index contributed by atoms with van der Waals surface area (Å²) in [5.41, 5.74) is 0. The van der Waals surface area contributed by atoms with Crippen molar-refractivity contribution in [2.24, 2.45) is 11.8 Å². The first-order valence-corrected chi connectivity index (χ1v) is 7.71. The van der Waals surface area contributed by atoms with Gasteiger partial charge in [-0.25, -0.2) is 0 Å². The van der Waals surface area contributed by atoms with Crippen LogP contribution in [0, 0.1) is 11.8 Å². The minimum atomic E-state index is 0.719. The van der Waals surface area contributed by atoms with Crippen molar-refractivity contribution >= 4 is 0 Å². The van der Waals surface area contributed by atoms with Gasteiger partial charge in [0.2, 0.25) is 0 Å². The van der Waals surface area contributed by atoms with Gasteiger partial charge < -0.3 is 14.7 Å². The summed E-state index contributed by atoms with van der Waals surface area (Å²) in [6.45, 7) is 16.1. The summed E-state index contributed by atoms with van der Waals surface area (Å²) in [4.78, 5) is 7.78. The van der Waals surface area contributed by atoms with Crippen molar-refractivity contribution in [1.29, 1.82) is 0 Å². The Kier molecular flexibility index (Phi) is 5.05. The average Bonchev–Trinajstić information content (AvgIpc) is 2.34. The maximum Gasteiger partial charge on any atom is 0.0110 e. The third-order valence-electron chi connectivity index (χ3n) is 4.93. The first kappa shape index (κ1) is 14.3. The van der Waals surface area contributed by atoms with E-state index in [1.807, 2.05) is 0 Å². The van der Waals surface area contributed by atoms with Crippen LogP contribution in [0.15, 0.2) is 0 Å². The highest BCUT2D eigenvalue weighted by Crippen LogP contribution is 2.25. The van der Waals surface area contributed by atoms with E-state index in [0.29, 0.717) is 0 Å². The second-order valence-corrected chi connectivity index (χ2v) is 6.72. The maximum atomic E-state index is 2.69. The standard InChI is InChI=1S/C15H31N3/c1-13(2)18-6-5-15(14(3)11-18)12-17-9-7-16(4)8-10-17/h13-15H,5-12H2,1-4H3/t14-,15?/m1/s1. The summed E-state index contributed by atoms with van der Waals surface area (Å²) in [5.74, 6) is 1.78. The fourth-order valence-electron chi connectivity index (χ4n) is 3.33. The Morgan fingerprint density at radius 1 is 1.06 bits per heavy atom. The molecule has 1 unspecified atom stereocenters. The van der Waals surface area contributed by atoms with E-state index in [4.69, 9.17) is 0 Å². The van der Waals surface area contributed by atoms with E-state index in [9.17, 15) is 0 Å². The summed E-state index contributed by atoms with van der Waals surface area (Å²) >= 11 is 0. The van der Waals surface area contributed by atoms with Crippen molar-refractivity contribution in [3.63, 3.8) is 0 Å². The molecule has 0 aliphatic carbocycles. The van der Waals surface area contributed by atoms with E-state index in [1.165, 1.54) is 52.2 Å². The van der Waals surface area contributed by atoms with Crippen molar-refractivity contribution in [1.82, 2.24) is 14.7 Å². The third kappa shape index (κ3) is 3.69. The van der Waals surface area contributed by atoms with Crippen LogP contribution in [-0.2, 0) is 0 Å². The fraction of sp³-hybridized carbons (Fsp3) is 1.00. The summed E-state index contributed by atoms with van der Waals surface area (Å²) in [7, 11) is 2.24. The summed E-state index contributed by atoms with van der Waals surface area (Å²) in [6, 6.07) is 0.719. The second kappa shape index (κ2) is 6.36. The molecule has 2 aliphatic heterocycles. The Balaban J connectivity index is 1.77. The van der Waals surface area contributed by atoms with E-state index in [1.54, 1.807) is 0 Å². The van der Waals surface area contributed by atoms with Crippen LogP contribution in [-0.4, -0.2) is 73.6 Å². The van der Waals surface area contributed by atoms with Crippen molar-refractivity contribution in [2.75, 3.05) is 52.9 Å². The minimum absolute atomic E-state index is 0.719. The number of piperidine rings is 1. The molecule has 2 heterocycles. The first-order valence-electron chi connectivity index (χ1n) is 7.71. The molecule has 0 N–H and O–H groups in total. The highest BCUT2D eigenvalue weighted by molar-refractivity contribution is 4.82. The molecule has 0 aromatic heterocycles. The highest BCUT2D eigenvalue weighted by Gasteiger charge is 2.29. The van der Waals surface area contributed by atoms with Crippen LogP contribution in [0.25, 0.3) is 0 Å². The zero-order valence-corrected chi connectivity index (χ0v) is 12.7. The number of hydrogen-bond acceptors (Lipinski definition) is 3. The molecule has 2 rings (SSSR count). The highest BCUT2D eigenvalue weighted by atomic mass is 15.2. The maximum absolute atomic E-state index is 2.69. The van der Waals surface area contributed by atoms with Crippen LogP contribution >= 0.6 is 0 Å². The van der Waals surface area contributed by atoms with Gasteiger partial charge in [-0.05, 0) is 45.7 Å². The Bertz CT molecular complexity index is 246. The van der Waals surface area contributed by atoms with Gasteiger partial charge in [0.25, 0.3) is 0 Å². The lowest BCUT2D eigenvalue weighted by Crippen LogP contribution is -2.50. The number of hydrogen-bond donors (Lipinski definition) is 0. The lowest BCUT2D eigenvalue weighted by molar-refractivity contribution is 0.0626. The van der Waals surface area contributed by atoms with Gasteiger partial charge in [0.1, 0.15) is 0 Å². The molecule has 0 amide bonds. The topological polar surface area (TPSA) is 9.72 Å². The first-order chi connectivity index (χ1) is 8.56. The molecule has 106 valence electrons. The van der Waals surface area contributed by atoms with Gasteiger partial charge in [-0.15, -0.1) is 0 Å². The Hall–Kier alpha value is -0.120. The lowest BCUT2D eigenvalue weighted by Gasteiger charge is -2.42. The molecule has 0 saturated carbocycles. The smallest absolute Gasteiger partial charge is 0.0110 e. The van der Waals surface area contributed by atoms with Crippen molar-refractivity contribution in [3.05, 3.63) is 0 Å². The predicted octanol–water partition coefficient (Wildman–Crippen LogP) is 1.60. The SMILES string of the molecule is CC(C)N1CCC(CN2CCN(C)CC2)[C@H](C)C1. The Morgan fingerprint density at radius 2 is 1.72 bits per heavy atom. The van der Waals surface area contributed by atoms with Crippen LogP contribution in [0.3, 0.4) is 0 Å². The summed E-state index contributed by atoms with van der Waals surface area (Å²) in [5, 5.41) is 0.